The zero-order valence-electron chi connectivity index (χ0n) is 16.2. The fraction of sp³-hybridized carbons (Fsp3) is 0.318. The smallest absolute Gasteiger partial charge is 0.390 e. The summed E-state index contributed by atoms with van der Waals surface area (Å²) in [4.78, 5) is 0. The monoisotopic (exact) mass is 402 g/mol. The average Bonchev–Trinajstić information content (AvgIpc) is 3.14. The molecule has 2 aromatic carbocycles. The van der Waals surface area contributed by atoms with Crippen LogP contribution in [0.1, 0.15) is 30.5 Å². The molecule has 0 amide bonds. The number of aliphatic hydroxyl groups is 2. The van der Waals surface area contributed by atoms with Crippen molar-refractivity contribution in [2.24, 2.45) is 7.05 Å². The van der Waals surface area contributed by atoms with Gasteiger partial charge in [-0.05, 0) is 36.1 Å². The molecule has 1 aliphatic carbocycles. The van der Waals surface area contributed by atoms with Crippen LogP contribution in [-0.4, -0.2) is 31.8 Å². The Labute approximate surface area is 166 Å². The highest BCUT2D eigenvalue weighted by Gasteiger charge is 2.61. The molecule has 0 aliphatic heterocycles. The molecule has 4 rings (SSSR count). The molecule has 2 N–H and O–H groups in total. The van der Waals surface area contributed by atoms with Crippen molar-refractivity contribution >= 4 is 0 Å². The van der Waals surface area contributed by atoms with Gasteiger partial charge in [0.05, 0.1) is 11.8 Å². The first-order valence-electron chi connectivity index (χ1n) is 9.19. The molecule has 152 valence electrons. The summed E-state index contributed by atoms with van der Waals surface area (Å²) in [7, 11) is 1.73. The Kier molecular flexibility index (Phi) is 4.19. The molecular weight excluding hydrogens is 381 g/mol. The Hall–Kier alpha value is -2.64. The van der Waals surface area contributed by atoms with Gasteiger partial charge in [-0.2, -0.15) is 18.3 Å². The van der Waals surface area contributed by atoms with Gasteiger partial charge in [0.25, 0.3) is 0 Å². The number of aryl methyl sites for hydroxylation is 1. The molecule has 4 nitrogen and oxygen atoms in total. The molecule has 3 aromatic rings. The molecule has 1 atom stereocenters. The van der Waals surface area contributed by atoms with Crippen molar-refractivity contribution in [2.45, 2.75) is 37.6 Å². The predicted octanol–water partition coefficient (Wildman–Crippen LogP) is 4.18. The van der Waals surface area contributed by atoms with Crippen molar-refractivity contribution in [1.82, 2.24) is 9.78 Å². The molecule has 7 heteroatoms. The van der Waals surface area contributed by atoms with Crippen LogP contribution in [0, 0.1) is 0 Å². The van der Waals surface area contributed by atoms with Crippen molar-refractivity contribution in [3.8, 4) is 22.3 Å². The van der Waals surface area contributed by atoms with E-state index in [4.69, 9.17) is 0 Å². The van der Waals surface area contributed by atoms with Crippen LogP contribution in [0.15, 0.2) is 48.8 Å². The van der Waals surface area contributed by atoms with Gasteiger partial charge in [0, 0.05) is 36.4 Å². The van der Waals surface area contributed by atoms with Crippen LogP contribution in [0.5, 0.6) is 0 Å². The van der Waals surface area contributed by atoms with E-state index in [2.05, 4.69) is 5.10 Å². The zero-order valence-corrected chi connectivity index (χ0v) is 16.2. The van der Waals surface area contributed by atoms with E-state index >= 15 is 0 Å². The lowest BCUT2D eigenvalue weighted by Crippen LogP contribution is -2.41. The Morgan fingerprint density at radius 1 is 1.07 bits per heavy atom. The van der Waals surface area contributed by atoms with Gasteiger partial charge in [-0.15, -0.1) is 0 Å². The van der Waals surface area contributed by atoms with E-state index < -0.39 is 17.4 Å². The lowest BCUT2D eigenvalue weighted by molar-refractivity contribution is -0.246. The molecule has 0 saturated heterocycles. The van der Waals surface area contributed by atoms with Gasteiger partial charge >= 0.3 is 6.18 Å². The first kappa shape index (κ1) is 19.7. The second-order valence-corrected chi connectivity index (χ2v) is 8.21. The molecule has 0 saturated carbocycles. The summed E-state index contributed by atoms with van der Waals surface area (Å²) in [6.45, 7) is 3.18. The van der Waals surface area contributed by atoms with Crippen molar-refractivity contribution < 1.29 is 23.4 Å². The highest BCUT2D eigenvalue weighted by Crippen LogP contribution is 2.57. The SMILES string of the molecule is Cn1cc(-c2cc(CC(C)(C)O)cc3c2-c2ccccc2C3(O)C(F)(F)F)cn1. The molecule has 0 spiro atoms. The first-order valence-corrected chi connectivity index (χ1v) is 9.19. The maximum Gasteiger partial charge on any atom is 0.425 e. The van der Waals surface area contributed by atoms with Crippen molar-refractivity contribution in [3.05, 3.63) is 65.5 Å². The normalized spacial score (nSPS) is 18.6. The number of halogens is 3. The fourth-order valence-electron chi connectivity index (χ4n) is 4.13. The summed E-state index contributed by atoms with van der Waals surface area (Å²) in [6, 6.07) is 9.18. The number of benzene rings is 2. The summed E-state index contributed by atoms with van der Waals surface area (Å²) >= 11 is 0. The standard InChI is InChI=1S/C22H21F3N2O2/c1-20(2,28)10-13-8-16(14-11-26-27(3)12-14)19-15-6-4-5-7-17(15)21(29,18(19)9-13)22(23,24)25/h4-9,11-12,28-29H,10H2,1-3H3. The number of rotatable bonds is 3. The van der Waals surface area contributed by atoms with Gasteiger partial charge in [0.2, 0.25) is 5.60 Å². The third kappa shape index (κ3) is 3.05. The van der Waals surface area contributed by atoms with Gasteiger partial charge < -0.3 is 10.2 Å². The van der Waals surface area contributed by atoms with Gasteiger partial charge in [-0.3, -0.25) is 4.68 Å². The quantitative estimate of drug-likeness (QED) is 0.691. The number of alkyl halides is 3. The highest BCUT2D eigenvalue weighted by molar-refractivity contribution is 5.92. The van der Waals surface area contributed by atoms with Crippen LogP contribution in [0.2, 0.25) is 0 Å². The maximum atomic E-state index is 14.2. The molecular formula is C22H21F3N2O2. The minimum absolute atomic E-state index is 0.137. The largest absolute Gasteiger partial charge is 0.425 e. The predicted molar refractivity (Wildman–Crippen MR) is 103 cm³/mol. The van der Waals surface area contributed by atoms with E-state index in [1.165, 1.54) is 18.2 Å². The van der Waals surface area contributed by atoms with Crippen molar-refractivity contribution in [1.29, 1.82) is 0 Å². The van der Waals surface area contributed by atoms with Gasteiger partial charge in [-0.25, -0.2) is 0 Å². The van der Waals surface area contributed by atoms with Gasteiger partial charge in [-0.1, -0.05) is 36.4 Å². The first-order chi connectivity index (χ1) is 13.4. The van der Waals surface area contributed by atoms with Crippen molar-refractivity contribution in [3.63, 3.8) is 0 Å². The van der Waals surface area contributed by atoms with Gasteiger partial charge in [0.1, 0.15) is 0 Å². The summed E-state index contributed by atoms with van der Waals surface area (Å²) in [6.07, 6.45) is -1.47. The zero-order chi connectivity index (χ0) is 21.2. The van der Waals surface area contributed by atoms with E-state index in [0.717, 1.165) is 0 Å². The van der Waals surface area contributed by atoms with Crippen LogP contribution in [0.25, 0.3) is 22.3 Å². The van der Waals surface area contributed by atoms with E-state index in [0.29, 0.717) is 27.8 Å². The summed E-state index contributed by atoms with van der Waals surface area (Å²) in [5.41, 5.74) is -2.27. The molecule has 0 bridgehead atoms. The minimum atomic E-state index is -4.91. The van der Waals surface area contributed by atoms with Crippen molar-refractivity contribution in [2.75, 3.05) is 0 Å². The molecule has 1 unspecified atom stereocenters. The summed E-state index contributed by atoms with van der Waals surface area (Å²) < 4.78 is 44.2. The van der Waals surface area contributed by atoms with Crippen LogP contribution in [-0.2, 0) is 19.1 Å². The molecule has 29 heavy (non-hydrogen) atoms. The Morgan fingerprint density at radius 3 is 2.34 bits per heavy atom. The van der Waals surface area contributed by atoms with Crippen LogP contribution < -0.4 is 0 Å². The van der Waals surface area contributed by atoms with E-state index in [-0.39, 0.29) is 17.5 Å². The van der Waals surface area contributed by atoms with Gasteiger partial charge in [0.15, 0.2) is 0 Å². The average molecular weight is 402 g/mol. The summed E-state index contributed by atoms with van der Waals surface area (Å²) in [5.74, 6) is 0. The second kappa shape index (κ2) is 6.18. The number of aromatic nitrogens is 2. The van der Waals surface area contributed by atoms with Crippen LogP contribution >= 0.6 is 0 Å². The Morgan fingerprint density at radius 2 is 1.76 bits per heavy atom. The minimum Gasteiger partial charge on any atom is -0.390 e. The second-order valence-electron chi connectivity index (χ2n) is 8.21. The Bertz CT molecular complexity index is 1100. The fourth-order valence-corrected chi connectivity index (χ4v) is 4.13. The number of nitrogens with zero attached hydrogens (tertiary/aromatic N) is 2. The maximum absolute atomic E-state index is 14.2. The topological polar surface area (TPSA) is 58.3 Å². The Balaban J connectivity index is 2.09. The number of hydrogen-bond donors (Lipinski definition) is 2. The molecule has 0 fully saturated rings. The van der Waals surface area contributed by atoms with E-state index in [1.807, 2.05) is 0 Å². The molecule has 1 aliphatic rings. The lowest BCUT2D eigenvalue weighted by Gasteiger charge is -2.29. The molecule has 1 aromatic heterocycles. The molecule has 1 heterocycles. The third-order valence-corrected chi connectivity index (χ3v) is 5.24. The van der Waals surface area contributed by atoms with E-state index in [1.54, 1.807) is 56.2 Å². The lowest BCUT2D eigenvalue weighted by atomic mass is 9.86. The summed E-state index contributed by atoms with van der Waals surface area (Å²) in [5, 5.41) is 25.4. The molecule has 0 radical (unpaired) electrons. The van der Waals surface area contributed by atoms with Crippen LogP contribution in [0.3, 0.4) is 0 Å². The third-order valence-electron chi connectivity index (χ3n) is 5.24. The van der Waals surface area contributed by atoms with Crippen LogP contribution in [0.4, 0.5) is 13.2 Å². The number of hydrogen-bond acceptors (Lipinski definition) is 3. The van der Waals surface area contributed by atoms with E-state index in [9.17, 15) is 23.4 Å². The highest BCUT2D eigenvalue weighted by atomic mass is 19.4. The number of fused-ring (bicyclic) bond motifs is 3.